The Hall–Kier alpha value is -3.26. The fraction of sp³-hybridized carbons (Fsp3) is 0.364. The maximum Gasteiger partial charge on any atom is 0.326 e. The Balaban J connectivity index is 1.39. The highest BCUT2D eigenvalue weighted by Crippen LogP contribution is 2.31. The zero-order valence-electron chi connectivity index (χ0n) is 17.2. The van der Waals surface area contributed by atoms with Gasteiger partial charge in [-0.25, -0.2) is 9.69 Å². The number of benzene rings is 2. The van der Waals surface area contributed by atoms with E-state index in [9.17, 15) is 9.59 Å². The number of piperazine rings is 1. The fourth-order valence-electron chi connectivity index (χ4n) is 3.99. The predicted molar refractivity (Wildman–Crippen MR) is 113 cm³/mol. The minimum absolute atomic E-state index is 0.253. The van der Waals surface area contributed by atoms with Crippen LogP contribution in [0.15, 0.2) is 48.5 Å². The van der Waals surface area contributed by atoms with Gasteiger partial charge < -0.3 is 19.7 Å². The number of carbonyl (C=O) groups excluding carboxylic acids is 2. The Morgan fingerprint density at radius 1 is 0.900 bits per heavy atom. The van der Waals surface area contributed by atoms with E-state index < -0.39 is 6.04 Å². The zero-order valence-corrected chi connectivity index (χ0v) is 17.2. The molecule has 158 valence electrons. The van der Waals surface area contributed by atoms with Crippen LogP contribution in [0.5, 0.6) is 11.5 Å². The van der Waals surface area contributed by atoms with Crippen molar-refractivity contribution in [1.29, 1.82) is 0 Å². The van der Waals surface area contributed by atoms with Crippen molar-refractivity contribution < 1.29 is 19.1 Å². The summed E-state index contributed by atoms with van der Waals surface area (Å²) in [7, 11) is 3.23. The maximum absolute atomic E-state index is 13.0. The number of hydrogen-bond donors (Lipinski definition) is 1. The van der Waals surface area contributed by atoms with Crippen LogP contribution in [-0.4, -0.2) is 68.8 Å². The number of urea groups is 1. The molecule has 0 aliphatic carbocycles. The first-order valence-corrected chi connectivity index (χ1v) is 9.97. The first-order valence-electron chi connectivity index (χ1n) is 9.97. The van der Waals surface area contributed by atoms with Gasteiger partial charge in [0.1, 0.15) is 17.5 Å². The second-order valence-corrected chi connectivity index (χ2v) is 7.31. The van der Waals surface area contributed by atoms with E-state index >= 15 is 0 Å². The predicted octanol–water partition coefficient (Wildman–Crippen LogP) is 2.08. The normalized spacial score (nSPS) is 19.7. The molecule has 2 saturated heterocycles. The third-order valence-corrected chi connectivity index (χ3v) is 5.62. The van der Waals surface area contributed by atoms with Crippen molar-refractivity contribution in [3.05, 3.63) is 54.1 Å². The van der Waals surface area contributed by atoms with Crippen molar-refractivity contribution in [2.75, 3.05) is 52.0 Å². The summed E-state index contributed by atoms with van der Waals surface area (Å²) in [6.45, 7) is 3.35. The van der Waals surface area contributed by atoms with E-state index in [0.717, 1.165) is 37.6 Å². The average Bonchev–Trinajstić information content (AvgIpc) is 3.07. The lowest BCUT2D eigenvalue weighted by Gasteiger charge is -2.37. The Labute approximate surface area is 176 Å². The van der Waals surface area contributed by atoms with Gasteiger partial charge in [0.15, 0.2) is 0 Å². The smallest absolute Gasteiger partial charge is 0.326 e. The molecular weight excluding hydrogens is 384 g/mol. The van der Waals surface area contributed by atoms with E-state index in [2.05, 4.69) is 15.1 Å². The summed E-state index contributed by atoms with van der Waals surface area (Å²) in [4.78, 5) is 31.1. The number of anilines is 1. The molecule has 2 aromatic rings. The quantitative estimate of drug-likeness (QED) is 0.735. The summed E-state index contributed by atoms with van der Waals surface area (Å²) in [6.07, 6.45) is 0. The molecule has 2 fully saturated rings. The number of para-hydroxylation sites is 3. The lowest BCUT2D eigenvalue weighted by Crippen LogP contribution is -2.51. The SMILES string of the molecule is COc1ccccc1C1NC(=O)N(CN2CCN(c3ccccc3OC)CC2)C1=O. The molecule has 0 spiro atoms. The molecule has 0 saturated carbocycles. The number of nitrogens with zero attached hydrogens (tertiary/aromatic N) is 3. The highest BCUT2D eigenvalue weighted by molar-refractivity contribution is 6.04. The van der Waals surface area contributed by atoms with Crippen LogP contribution in [0.2, 0.25) is 0 Å². The molecule has 8 heteroatoms. The number of imide groups is 1. The number of rotatable bonds is 6. The molecule has 1 unspecified atom stereocenters. The van der Waals surface area contributed by atoms with Gasteiger partial charge in [0.2, 0.25) is 0 Å². The van der Waals surface area contributed by atoms with E-state index in [1.165, 1.54) is 4.90 Å². The van der Waals surface area contributed by atoms with Gasteiger partial charge in [-0.1, -0.05) is 30.3 Å². The molecule has 0 radical (unpaired) electrons. The lowest BCUT2D eigenvalue weighted by molar-refractivity contribution is -0.129. The number of carbonyl (C=O) groups is 2. The van der Waals surface area contributed by atoms with Gasteiger partial charge >= 0.3 is 6.03 Å². The van der Waals surface area contributed by atoms with E-state index in [0.29, 0.717) is 11.3 Å². The number of amides is 3. The van der Waals surface area contributed by atoms with Crippen molar-refractivity contribution in [1.82, 2.24) is 15.1 Å². The molecule has 1 N–H and O–H groups in total. The summed E-state index contributed by atoms with van der Waals surface area (Å²) in [6, 6.07) is 14.1. The topological polar surface area (TPSA) is 74.3 Å². The van der Waals surface area contributed by atoms with Gasteiger partial charge in [0.05, 0.1) is 26.6 Å². The number of methoxy groups -OCH3 is 2. The van der Waals surface area contributed by atoms with Crippen LogP contribution in [0.3, 0.4) is 0 Å². The van der Waals surface area contributed by atoms with Crippen molar-refractivity contribution in [2.45, 2.75) is 6.04 Å². The minimum atomic E-state index is -0.719. The molecule has 3 amide bonds. The van der Waals surface area contributed by atoms with E-state index in [1.807, 2.05) is 36.4 Å². The van der Waals surface area contributed by atoms with Gasteiger partial charge in [-0.05, 0) is 18.2 Å². The van der Waals surface area contributed by atoms with E-state index in [4.69, 9.17) is 9.47 Å². The molecule has 2 heterocycles. The molecule has 0 bridgehead atoms. The van der Waals surface area contributed by atoms with Gasteiger partial charge in [0.25, 0.3) is 5.91 Å². The van der Waals surface area contributed by atoms with Gasteiger partial charge in [-0.15, -0.1) is 0 Å². The Bertz CT molecular complexity index is 927. The Morgan fingerprint density at radius 3 is 2.23 bits per heavy atom. The zero-order chi connectivity index (χ0) is 21.1. The second kappa shape index (κ2) is 8.62. The number of hydrogen-bond acceptors (Lipinski definition) is 6. The van der Waals surface area contributed by atoms with E-state index in [1.54, 1.807) is 26.4 Å². The van der Waals surface area contributed by atoms with Crippen molar-refractivity contribution >= 4 is 17.6 Å². The van der Waals surface area contributed by atoms with Crippen molar-refractivity contribution in [2.24, 2.45) is 0 Å². The molecular formula is C22H26N4O4. The van der Waals surface area contributed by atoms with Gasteiger partial charge in [0, 0.05) is 31.7 Å². The van der Waals surface area contributed by atoms with Crippen LogP contribution in [0.25, 0.3) is 0 Å². The van der Waals surface area contributed by atoms with Gasteiger partial charge in [-0.2, -0.15) is 0 Å². The van der Waals surface area contributed by atoms with Crippen molar-refractivity contribution in [3.63, 3.8) is 0 Å². The summed E-state index contributed by atoms with van der Waals surface area (Å²) < 4.78 is 10.8. The first-order chi connectivity index (χ1) is 14.6. The second-order valence-electron chi connectivity index (χ2n) is 7.31. The van der Waals surface area contributed by atoms with Crippen LogP contribution in [0.1, 0.15) is 11.6 Å². The molecule has 2 aliphatic heterocycles. The maximum atomic E-state index is 13.0. The van der Waals surface area contributed by atoms with Crippen LogP contribution < -0.4 is 19.7 Å². The summed E-state index contributed by atoms with van der Waals surface area (Å²) >= 11 is 0. The fourth-order valence-corrected chi connectivity index (χ4v) is 3.99. The summed E-state index contributed by atoms with van der Waals surface area (Å²) in [5.41, 5.74) is 1.73. The van der Waals surface area contributed by atoms with E-state index in [-0.39, 0.29) is 18.6 Å². The third kappa shape index (κ3) is 3.78. The number of ether oxygens (including phenoxy) is 2. The highest BCUT2D eigenvalue weighted by Gasteiger charge is 2.41. The van der Waals surface area contributed by atoms with Crippen molar-refractivity contribution in [3.8, 4) is 11.5 Å². The van der Waals surface area contributed by atoms with Crippen LogP contribution >= 0.6 is 0 Å². The molecule has 2 aromatic carbocycles. The number of nitrogens with one attached hydrogen (secondary N) is 1. The molecule has 0 aromatic heterocycles. The summed E-state index contributed by atoms with van der Waals surface area (Å²) in [5, 5.41) is 2.79. The van der Waals surface area contributed by atoms with Crippen LogP contribution in [-0.2, 0) is 4.79 Å². The monoisotopic (exact) mass is 410 g/mol. The largest absolute Gasteiger partial charge is 0.496 e. The molecule has 30 heavy (non-hydrogen) atoms. The minimum Gasteiger partial charge on any atom is -0.496 e. The molecule has 1 atom stereocenters. The standard InChI is InChI=1S/C22H26N4O4/c1-29-18-9-5-3-7-16(18)20-21(27)26(22(28)23-20)15-24-11-13-25(14-12-24)17-8-4-6-10-19(17)30-2/h3-10,20H,11-15H2,1-2H3,(H,23,28). The molecule has 4 rings (SSSR count). The average molecular weight is 410 g/mol. The van der Waals surface area contributed by atoms with Crippen LogP contribution in [0, 0.1) is 0 Å². The Kier molecular flexibility index (Phi) is 5.76. The molecule has 8 nitrogen and oxygen atoms in total. The molecule has 2 aliphatic rings. The summed E-state index contributed by atoms with van der Waals surface area (Å²) in [5.74, 6) is 1.18. The highest BCUT2D eigenvalue weighted by atomic mass is 16.5. The third-order valence-electron chi connectivity index (χ3n) is 5.62. The van der Waals surface area contributed by atoms with Crippen LogP contribution in [0.4, 0.5) is 10.5 Å². The Morgan fingerprint density at radius 2 is 1.53 bits per heavy atom. The lowest BCUT2D eigenvalue weighted by atomic mass is 10.1. The van der Waals surface area contributed by atoms with Gasteiger partial charge in [-0.3, -0.25) is 9.69 Å². The first kappa shape index (κ1) is 20.0.